The Kier molecular flexibility index (Phi) is 14.2. The zero-order valence-corrected chi connectivity index (χ0v) is 16.5. The fourth-order valence-electron chi connectivity index (χ4n) is 2.88. The SMILES string of the molecule is CCC[CH2][Sn]([CH2]CCC)([CH2]CCC)[CH2]COCCN. The van der Waals surface area contributed by atoms with Crippen molar-refractivity contribution >= 4 is 18.4 Å². The van der Waals surface area contributed by atoms with Crippen molar-refractivity contribution in [1.29, 1.82) is 0 Å². The van der Waals surface area contributed by atoms with E-state index in [1.807, 2.05) is 0 Å². The van der Waals surface area contributed by atoms with Gasteiger partial charge in [-0.1, -0.05) is 0 Å². The van der Waals surface area contributed by atoms with Crippen molar-refractivity contribution in [3.8, 4) is 0 Å². The second-order valence-electron chi connectivity index (χ2n) is 5.96. The van der Waals surface area contributed by atoms with Crippen LogP contribution in [0.4, 0.5) is 0 Å². The van der Waals surface area contributed by atoms with Crippen LogP contribution in [0.3, 0.4) is 0 Å². The van der Waals surface area contributed by atoms with Crippen LogP contribution < -0.4 is 5.73 Å². The first-order chi connectivity index (χ1) is 9.24. The van der Waals surface area contributed by atoms with E-state index in [0.29, 0.717) is 6.54 Å². The van der Waals surface area contributed by atoms with E-state index in [1.54, 1.807) is 13.3 Å². The molecule has 0 saturated heterocycles. The van der Waals surface area contributed by atoms with Crippen molar-refractivity contribution in [3.63, 3.8) is 0 Å². The van der Waals surface area contributed by atoms with Crippen LogP contribution in [0.25, 0.3) is 0 Å². The number of rotatable bonds is 14. The zero-order chi connectivity index (χ0) is 14.4. The second kappa shape index (κ2) is 13.7. The topological polar surface area (TPSA) is 35.2 Å². The molecule has 0 aliphatic heterocycles. The Morgan fingerprint density at radius 1 is 0.737 bits per heavy atom. The van der Waals surface area contributed by atoms with Crippen LogP contribution >= 0.6 is 0 Å². The number of hydrogen-bond donors (Lipinski definition) is 1. The Hall–Kier alpha value is 0.719. The van der Waals surface area contributed by atoms with Gasteiger partial charge in [0, 0.05) is 0 Å². The Balaban J connectivity index is 4.38. The van der Waals surface area contributed by atoms with Crippen LogP contribution in [0, 0.1) is 0 Å². The maximum atomic E-state index is 5.71. The molecule has 0 heterocycles. The number of nitrogens with two attached hydrogens (primary N) is 1. The number of unbranched alkanes of at least 4 members (excludes halogenated alkanes) is 3. The molecule has 2 nitrogen and oxygen atoms in total. The summed E-state index contributed by atoms with van der Waals surface area (Å²) in [4.78, 5) is 0. The summed E-state index contributed by atoms with van der Waals surface area (Å²) < 4.78 is 11.9. The van der Waals surface area contributed by atoms with E-state index in [-0.39, 0.29) is 0 Å². The molecule has 0 aliphatic carbocycles. The van der Waals surface area contributed by atoms with E-state index in [1.165, 1.54) is 43.0 Å². The molecule has 0 radical (unpaired) electrons. The van der Waals surface area contributed by atoms with Gasteiger partial charge in [-0.3, -0.25) is 0 Å². The van der Waals surface area contributed by atoms with Gasteiger partial charge in [0.2, 0.25) is 0 Å². The van der Waals surface area contributed by atoms with Gasteiger partial charge in [-0.15, -0.1) is 0 Å². The molecule has 0 aromatic rings. The van der Waals surface area contributed by atoms with Crippen LogP contribution in [-0.4, -0.2) is 38.1 Å². The number of ether oxygens (including phenoxy) is 1. The predicted molar refractivity (Wildman–Crippen MR) is 89.6 cm³/mol. The van der Waals surface area contributed by atoms with Crippen LogP contribution in [0.15, 0.2) is 0 Å². The van der Waals surface area contributed by atoms with Crippen molar-refractivity contribution in [1.82, 2.24) is 0 Å². The third-order valence-electron chi connectivity index (χ3n) is 4.22. The molecule has 0 saturated carbocycles. The summed E-state index contributed by atoms with van der Waals surface area (Å²) in [5.74, 6) is 0. The summed E-state index contributed by atoms with van der Waals surface area (Å²) in [5, 5.41) is 0. The van der Waals surface area contributed by atoms with E-state index >= 15 is 0 Å². The summed E-state index contributed by atoms with van der Waals surface area (Å²) >= 11 is -1.90. The summed E-state index contributed by atoms with van der Waals surface area (Å²) in [6.07, 6.45) is 8.46. The van der Waals surface area contributed by atoms with E-state index in [9.17, 15) is 0 Å². The molecule has 3 heteroatoms. The van der Waals surface area contributed by atoms with Gasteiger partial charge in [0.15, 0.2) is 0 Å². The van der Waals surface area contributed by atoms with Gasteiger partial charge in [-0.05, 0) is 0 Å². The fourth-order valence-corrected chi connectivity index (χ4v) is 18.3. The van der Waals surface area contributed by atoms with Crippen LogP contribution in [0.2, 0.25) is 17.7 Å². The third-order valence-corrected chi connectivity index (χ3v) is 19.9. The summed E-state index contributed by atoms with van der Waals surface area (Å²) in [6, 6.07) is 0. The van der Waals surface area contributed by atoms with Crippen molar-refractivity contribution in [2.24, 2.45) is 5.73 Å². The van der Waals surface area contributed by atoms with Crippen molar-refractivity contribution in [2.45, 2.75) is 77.0 Å². The van der Waals surface area contributed by atoms with E-state index in [2.05, 4.69) is 20.8 Å². The molecule has 0 rings (SSSR count). The van der Waals surface area contributed by atoms with Gasteiger partial charge in [-0.2, -0.15) is 0 Å². The molecule has 0 aliphatic rings. The quantitative estimate of drug-likeness (QED) is 0.348. The Morgan fingerprint density at radius 3 is 1.58 bits per heavy atom. The first-order valence-corrected chi connectivity index (χ1v) is 16.6. The molecule has 0 bridgehead atoms. The monoisotopic (exact) mass is 379 g/mol. The summed E-state index contributed by atoms with van der Waals surface area (Å²) in [7, 11) is 0. The molecule has 0 spiro atoms. The van der Waals surface area contributed by atoms with E-state index < -0.39 is 18.4 Å². The van der Waals surface area contributed by atoms with Gasteiger partial charge in [0.05, 0.1) is 0 Å². The first kappa shape index (κ1) is 19.7. The molecule has 0 unspecified atom stereocenters. The minimum absolute atomic E-state index is 0.668. The van der Waals surface area contributed by atoms with Crippen molar-refractivity contribution in [3.05, 3.63) is 0 Å². The summed E-state index contributed by atoms with van der Waals surface area (Å²) in [6.45, 7) is 9.41. The molecule has 2 N–H and O–H groups in total. The molecule has 0 amide bonds. The normalized spacial score (nSPS) is 12.0. The Morgan fingerprint density at radius 2 is 1.21 bits per heavy atom. The second-order valence-corrected chi connectivity index (χ2v) is 20.2. The summed E-state index contributed by atoms with van der Waals surface area (Å²) in [5.41, 5.74) is 5.51. The minimum atomic E-state index is -1.90. The Bertz CT molecular complexity index is 166. The van der Waals surface area contributed by atoms with Gasteiger partial charge < -0.3 is 0 Å². The molecular formula is C16H37NOSn. The average molecular weight is 378 g/mol. The fraction of sp³-hybridized carbons (Fsp3) is 1.00. The van der Waals surface area contributed by atoms with Crippen LogP contribution in [0.1, 0.15) is 59.3 Å². The maximum absolute atomic E-state index is 5.71. The van der Waals surface area contributed by atoms with Crippen molar-refractivity contribution < 1.29 is 4.74 Å². The van der Waals surface area contributed by atoms with E-state index in [0.717, 1.165) is 13.2 Å². The van der Waals surface area contributed by atoms with Gasteiger partial charge in [0.25, 0.3) is 0 Å². The average Bonchev–Trinajstić information content (AvgIpc) is 2.44. The molecule has 0 aromatic carbocycles. The first-order valence-electron chi connectivity index (χ1n) is 8.52. The Labute approximate surface area is 125 Å². The molecular weight excluding hydrogens is 341 g/mol. The van der Waals surface area contributed by atoms with Gasteiger partial charge in [0.1, 0.15) is 0 Å². The van der Waals surface area contributed by atoms with Gasteiger partial charge >= 0.3 is 126 Å². The predicted octanol–water partition coefficient (Wildman–Crippen LogP) is 4.81. The zero-order valence-electron chi connectivity index (χ0n) is 13.7. The molecule has 116 valence electrons. The van der Waals surface area contributed by atoms with Crippen LogP contribution in [0.5, 0.6) is 0 Å². The molecule has 0 aromatic heterocycles. The van der Waals surface area contributed by atoms with Crippen molar-refractivity contribution in [2.75, 3.05) is 19.8 Å². The number of hydrogen-bond acceptors (Lipinski definition) is 2. The molecule has 0 atom stereocenters. The van der Waals surface area contributed by atoms with E-state index in [4.69, 9.17) is 10.5 Å². The molecule has 19 heavy (non-hydrogen) atoms. The standard InChI is InChI=1S/C4H10NO.3C4H9.Sn/c1-2-6-4-3-5;3*1-3-4-2;/h1-5H2;3*1,3-4H2,2H3;. The van der Waals surface area contributed by atoms with Crippen LogP contribution in [-0.2, 0) is 4.74 Å². The van der Waals surface area contributed by atoms with Gasteiger partial charge in [-0.25, -0.2) is 0 Å². The molecule has 0 fully saturated rings. The third kappa shape index (κ3) is 10.1.